The Balaban J connectivity index is 2.68. The molecule has 0 aromatic carbocycles. The molecule has 0 aliphatic carbocycles. The molecule has 0 bridgehead atoms. The first-order valence-electron chi connectivity index (χ1n) is 5.14. The Labute approximate surface area is 114 Å². The summed E-state index contributed by atoms with van der Waals surface area (Å²) in [5.74, 6) is -0.545. The van der Waals surface area contributed by atoms with Crippen molar-refractivity contribution in [3.8, 4) is 0 Å². The highest BCUT2D eigenvalue weighted by Crippen LogP contribution is 2.07. The van der Waals surface area contributed by atoms with Gasteiger partial charge in [0, 0.05) is 19.3 Å². The van der Waals surface area contributed by atoms with Crippen LogP contribution in [0.4, 0.5) is 0 Å². The van der Waals surface area contributed by atoms with Gasteiger partial charge in [-0.1, -0.05) is 15.9 Å². The van der Waals surface area contributed by atoms with E-state index in [2.05, 4.69) is 30.4 Å². The number of hydrogen-bond donors (Lipinski definition) is 1. The number of carbonyl (C=O) groups is 1. The molecule has 1 N–H and O–H groups in total. The quantitative estimate of drug-likeness (QED) is 0.587. The summed E-state index contributed by atoms with van der Waals surface area (Å²) < 4.78 is 32.0. The third-order valence-electron chi connectivity index (χ3n) is 2.16. The highest BCUT2D eigenvalue weighted by atomic mass is 79.9. The minimum absolute atomic E-state index is 0.0751. The lowest BCUT2D eigenvalue weighted by Crippen LogP contribution is -2.34. The Kier molecular flexibility index (Phi) is 5.29. The molecule has 1 rings (SSSR count). The van der Waals surface area contributed by atoms with Gasteiger partial charge in [0.25, 0.3) is 10.0 Å². The summed E-state index contributed by atoms with van der Waals surface area (Å²) in [4.78, 5) is 14.1. The number of nitrogens with one attached hydrogen (secondary N) is 1. The summed E-state index contributed by atoms with van der Waals surface area (Å²) >= 11 is 3.02. The van der Waals surface area contributed by atoms with Crippen LogP contribution in [0.25, 0.3) is 0 Å². The zero-order chi connectivity index (χ0) is 13.8. The van der Waals surface area contributed by atoms with E-state index in [1.807, 2.05) is 6.92 Å². The topological polar surface area (TPSA) is 90.3 Å². The van der Waals surface area contributed by atoms with Gasteiger partial charge in [-0.3, -0.25) is 4.79 Å². The van der Waals surface area contributed by atoms with Gasteiger partial charge in [-0.05, 0) is 6.92 Å². The average molecular weight is 340 g/mol. The fraction of sp³-hybridized carbons (Fsp3) is 0.556. The van der Waals surface area contributed by atoms with Crippen LogP contribution in [-0.4, -0.2) is 42.4 Å². The lowest BCUT2D eigenvalue weighted by atomic mass is 10.4. The molecule has 0 spiro atoms. The molecular weight excluding hydrogens is 326 g/mol. The predicted octanol–water partition coefficient (Wildman–Crippen LogP) is 0.118. The maximum atomic E-state index is 11.8. The van der Waals surface area contributed by atoms with Gasteiger partial charge in [-0.25, -0.2) is 18.1 Å². The van der Waals surface area contributed by atoms with Crippen LogP contribution in [-0.2, 0) is 26.1 Å². The molecule has 1 aromatic rings. The number of esters is 1. The van der Waals surface area contributed by atoms with E-state index in [-0.39, 0.29) is 11.6 Å². The van der Waals surface area contributed by atoms with Crippen molar-refractivity contribution < 1.29 is 17.9 Å². The molecular formula is C9H14BrN3O4S. The number of halogens is 1. The summed E-state index contributed by atoms with van der Waals surface area (Å²) in [6, 6.07) is 0. The largest absolute Gasteiger partial charge is 0.468 e. The summed E-state index contributed by atoms with van der Waals surface area (Å²) in [6.07, 6.45) is 2.85. The summed E-state index contributed by atoms with van der Waals surface area (Å²) in [6.45, 7) is 2.40. The molecule has 7 nitrogen and oxygen atoms in total. The van der Waals surface area contributed by atoms with Crippen molar-refractivity contribution in [1.82, 2.24) is 14.3 Å². The van der Waals surface area contributed by atoms with E-state index in [1.165, 1.54) is 19.6 Å². The summed E-state index contributed by atoms with van der Waals surface area (Å²) in [5.41, 5.74) is 0. The molecule has 0 saturated heterocycles. The molecule has 1 heterocycles. The maximum absolute atomic E-state index is 11.8. The Hall–Kier alpha value is -0.930. The number of methoxy groups -OCH3 is 1. The standard InChI is InChI=1S/C9H14BrN3O4S/c1-3-13-5-8(11-6-13)18(15,16)12-4-7(10)9(14)17-2/h5-7,12H,3-4H2,1-2H3. The van der Waals surface area contributed by atoms with Gasteiger partial charge in [0.2, 0.25) is 0 Å². The number of imidazole rings is 1. The first-order chi connectivity index (χ1) is 8.40. The third kappa shape index (κ3) is 3.79. The maximum Gasteiger partial charge on any atom is 0.320 e. The fourth-order valence-electron chi connectivity index (χ4n) is 1.12. The first kappa shape index (κ1) is 15.1. The smallest absolute Gasteiger partial charge is 0.320 e. The van der Waals surface area contributed by atoms with Gasteiger partial charge in [-0.2, -0.15) is 0 Å². The minimum atomic E-state index is -3.71. The number of rotatable bonds is 6. The average Bonchev–Trinajstić information content (AvgIpc) is 2.84. The second-order valence-electron chi connectivity index (χ2n) is 3.38. The van der Waals surface area contributed by atoms with E-state index in [9.17, 15) is 13.2 Å². The van der Waals surface area contributed by atoms with Crippen LogP contribution >= 0.6 is 15.9 Å². The van der Waals surface area contributed by atoms with Crippen LogP contribution < -0.4 is 4.72 Å². The number of sulfonamides is 1. The first-order valence-corrected chi connectivity index (χ1v) is 7.54. The third-order valence-corrected chi connectivity index (χ3v) is 4.17. The summed E-state index contributed by atoms with van der Waals surface area (Å²) in [7, 11) is -2.48. The van der Waals surface area contributed by atoms with Crippen LogP contribution in [0.3, 0.4) is 0 Å². The molecule has 102 valence electrons. The van der Waals surface area contributed by atoms with Crippen molar-refractivity contribution in [3.63, 3.8) is 0 Å². The minimum Gasteiger partial charge on any atom is -0.468 e. The van der Waals surface area contributed by atoms with Gasteiger partial charge in [0.1, 0.15) is 4.83 Å². The molecule has 1 atom stereocenters. The van der Waals surface area contributed by atoms with Crippen LogP contribution in [0.15, 0.2) is 17.6 Å². The van der Waals surface area contributed by atoms with Crippen LogP contribution in [0.1, 0.15) is 6.92 Å². The van der Waals surface area contributed by atoms with E-state index in [0.717, 1.165) is 0 Å². The van der Waals surface area contributed by atoms with Crippen molar-refractivity contribution in [2.75, 3.05) is 13.7 Å². The number of aromatic nitrogens is 2. The highest BCUT2D eigenvalue weighted by molar-refractivity contribution is 9.10. The van der Waals surface area contributed by atoms with Gasteiger partial charge in [0.05, 0.1) is 13.4 Å². The van der Waals surface area contributed by atoms with Crippen LogP contribution in [0.2, 0.25) is 0 Å². The molecule has 0 saturated carbocycles. The molecule has 9 heteroatoms. The molecule has 0 aliphatic heterocycles. The molecule has 1 aromatic heterocycles. The number of carbonyl (C=O) groups excluding carboxylic acids is 1. The highest BCUT2D eigenvalue weighted by Gasteiger charge is 2.21. The number of aryl methyl sites for hydroxylation is 1. The molecule has 0 amide bonds. The number of nitrogens with zero attached hydrogens (tertiary/aromatic N) is 2. The second-order valence-corrected chi connectivity index (χ2v) is 6.20. The number of hydrogen-bond acceptors (Lipinski definition) is 5. The number of alkyl halides is 1. The van der Waals surface area contributed by atoms with Crippen LogP contribution in [0.5, 0.6) is 0 Å². The normalized spacial score (nSPS) is 13.3. The molecule has 1 unspecified atom stereocenters. The van der Waals surface area contributed by atoms with E-state index in [1.54, 1.807) is 4.57 Å². The Morgan fingerprint density at radius 1 is 1.67 bits per heavy atom. The lowest BCUT2D eigenvalue weighted by molar-refractivity contribution is -0.139. The Bertz CT molecular complexity index is 514. The van der Waals surface area contributed by atoms with Gasteiger partial charge < -0.3 is 9.30 Å². The zero-order valence-corrected chi connectivity index (χ0v) is 12.4. The zero-order valence-electron chi connectivity index (χ0n) is 9.96. The lowest BCUT2D eigenvalue weighted by Gasteiger charge is -2.08. The SMILES string of the molecule is CCn1cnc(S(=O)(=O)NCC(Br)C(=O)OC)c1. The van der Waals surface area contributed by atoms with Crippen molar-refractivity contribution in [1.29, 1.82) is 0 Å². The van der Waals surface area contributed by atoms with Crippen molar-refractivity contribution in [3.05, 3.63) is 12.5 Å². The van der Waals surface area contributed by atoms with Gasteiger partial charge in [0.15, 0.2) is 5.03 Å². The second kappa shape index (κ2) is 6.30. The molecule has 0 fully saturated rings. The van der Waals surface area contributed by atoms with E-state index in [4.69, 9.17) is 0 Å². The molecule has 18 heavy (non-hydrogen) atoms. The Morgan fingerprint density at radius 3 is 2.83 bits per heavy atom. The number of ether oxygens (including phenoxy) is 1. The van der Waals surface area contributed by atoms with E-state index in [0.29, 0.717) is 6.54 Å². The van der Waals surface area contributed by atoms with E-state index < -0.39 is 20.8 Å². The van der Waals surface area contributed by atoms with E-state index >= 15 is 0 Å². The van der Waals surface area contributed by atoms with Gasteiger partial charge in [-0.15, -0.1) is 0 Å². The van der Waals surface area contributed by atoms with Crippen LogP contribution in [0, 0.1) is 0 Å². The van der Waals surface area contributed by atoms with Crippen molar-refractivity contribution in [2.24, 2.45) is 0 Å². The van der Waals surface area contributed by atoms with Crippen molar-refractivity contribution >= 4 is 31.9 Å². The predicted molar refractivity (Wildman–Crippen MR) is 67.8 cm³/mol. The van der Waals surface area contributed by atoms with Crippen molar-refractivity contribution in [2.45, 2.75) is 23.3 Å². The Morgan fingerprint density at radius 2 is 2.33 bits per heavy atom. The van der Waals surface area contributed by atoms with Gasteiger partial charge >= 0.3 is 5.97 Å². The molecule has 0 radical (unpaired) electrons. The molecule has 0 aliphatic rings. The fourth-order valence-corrected chi connectivity index (χ4v) is 2.68. The summed E-state index contributed by atoms with van der Waals surface area (Å²) in [5, 5.41) is -0.0751. The monoisotopic (exact) mass is 339 g/mol.